The van der Waals surface area contributed by atoms with Crippen LogP contribution in [0.4, 0.5) is 23.7 Å². The van der Waals surface area contributed by atoms with E-state index in [1.165, 1.54) is 0 Å². The number of carboxylic acids is 1. The SMILES string of the molecule is Cc1ccc(Br)c(NC(=O)N2C[C@@H](C(F)(F)F)[C@H](C(=O)O)C2)c1. The van der Waals surface area contributed by atoms with Gasteiger partial charge in [0.25, 0.3) is 0 Å². The maximum atomic E-state index is 12.9. The number of hydrogen-bond acceptors (Lipinski definition) is 2. The third-order valence-corrected chi connectivity index (χ3v) is 4.40. The molecule has 0 unspecified atom stereocenters. The number of nitrogens with one attached hydrogen (secondary N) is 1. The lowest BCUT2D eigenvalue weighted by atomic mass is 9.96. The summed E-state index contributed by atoms with van der Waals surface area (Å²) in [5.41, 5.74) is 1.28. The number of urea groups is 1. The molecule has 1 heterocycles. The number of rotatable bonds is 2. The molecule has 0 saturated carbocycles. The zero-order valence-corrected chi connectivity index (χ0v) is 13.6. The lowest BCUT2D eigenvalue weighted by Crippen LogP contribution is -2.35. The van der Waals surface area contributed by atoms with Crippen molar-refractivity contribution in [1.82, 2.24) is 4.90 Å². The second-order valence-electron chi connectivity index (χ2n) is 5.41. The quantitative estimate of drug-likeness (QED) is 0.806. The van der Waals surface area contributed by atoms with Gasteiger partial charge in [-0.25, -0.2) is 4.79 Å². The lowest BCUT2D eigenvalue weighted by molar-refractivity contribution is -0.187. The van der Waals surface area contributed by atoms with Crippen LogP contribution in [0.15, 0.2) is 22.7 Å². The Morgan fingerprint density at radius 1 is 1.35 bits per heavy atom. The van der Waals surface area contributed by atoms with E-state index in [0.717, 1.165) is 10.5 Å². The number of nitrogens with zero attached hydrogens (tertiary/aromatic N) is 1. The van der Waals surface area contributed by atoms with Gasteiger partial charge in [-0.15, -0.1) is 0 Å². The highest BCUT2D eigenvalue weighted by atomic mass is 79.9. The molecule has 1 aromatic rings. The molecule has 0 aromatic heterocycles. The van der Waals surface area contributed by atoms with E-state index in [0.29, 0.717) is 10.2 Å². The highest BCUT2D eigenvalue weighted by Crippen LogP contribution is 2.38. The molecule has 2 amide bonds. The number of carboxylic acid groups (broad SMARTS) is 1. The largest absolute Gasteiger partial charge is 0.481 e. The van der Waals surface area contributed by atoms with Crippen LogP contribution in [0.1, 0.15) is 5.56 Å². The smallest absolute Gasteiger partial charge is 0.394 e. The number of benzene rings is 1. The van der Waals surface area contributed by atoms with Crippen LogP contribution in [0.5, 0.6) is 0 Å². The van der Waals surface area contributed by atoms with Crippen LogP contribution < -0.4 is 5.32 Å². The molecule has 1 aromatic carbocycles. The van der Waals surface area contributed by atoms with Crippen molar-refractivity contribution in [3.63, 3.8) is 0 Å². The molecule has 1 saturated heterocycles. The molecule has 0 radical (unpaired) electrons. The first kappa shape index (κ1) is 17.6. The Kier molecular flexibility index (Phi) is 4.88. The van der Waals surface area contributed by atoms with E-state index in [2.05, 4.69) is 21.2 Å². The Bertz CT molecular complexity index is 636. The highest BCUT2D eigenvalue weighted by Gasteiger charge is 2.53. The Morgan fingerprint density at radius 3 is 2.52 bits per heavy atom. The number of alkyl halides is 3. The van der Waals surface area contributed by atoms with Crippen molar-refractivity contribution in [3.05, 3.63) is 28.2 Å². The second-order valence-corrected chi connectivity index (χ2v) is 6.27. The molecule has 126 valence electrons. The molecule has 5 nitrogen and oxygen atoms in total. The van der Waals surface area contributed by atoms with Crippen molar-refractivity contribution in [3.8, 4) is 0 Å². The van der Waals surface area contributed by atoms with E-state index in [-0.39, 0.29) is 0 Å². The zero-order chi connectivity index (χ0) is 17.4. The molecule has 0 aliphatic carbocycles. The van der Waals surface area contributed by atoms with E-state index in [1.54, 1.807) is 25.1 Å². The predicted molar refractivity (Wildman–Crippen MR) is 80.1 cm³/mol. The normalized spacial score (nSPS) is 21.3. The van der Waals surface area contributed by atoms with Crippen molar-refractivity contribution in [1.29, 1.82) is 0 Å². The minimum Gasteiger partial charge on any atom is -0.481 e. The summed E-state index contributed by atoms with van der Waals surface area (Å²) in [4.78, 5) is 24.1. The van der Waals surface area contributed by atoms with Gasteiger partial charge >= 0.3 is 18.2 Å². The number of halogens is 4. The van der Waals surface area contributed by atoms with Crippen molar-refractivity contribution in [2.24, 2.45) is 11.8 Å². The van der Waals surface area contributed by atoms with Gasteiger partial charge in [0, 0.05) is 17.6 Å². The summed E-state index contributed by atoms with van der Waals surface area (Å²) in [5, 5.41) is 11.5. The Morgan fingerprint density at radius 2 is 2.00 bits per heavy atom. The summed E-state index contributed by atoms with van der Waals surface area (Å²) in [6.07, 6.45) is -4.66. The predicted octanol–water partition coefficient (Wildman–Crippen LogP) is 3.48. The van der Waals surface area contributed by atoms with Crippen molar-refractivity contribution in [2.75, 3.05) is 18.4 Å². The van der Waals surface area contributed by atoms with Gasteiger partial charge in [0.15, 0.2) is 0 Å². The summed E-state index contributed by atoms with van der Waals surface area (Å²) in [6.45, 7) is 0.655. The number of aliphatic carboxylic acids is 1. The first-order valence-corrected chi connectivity index (χ1v) is 7.50. The standard InChI is InChI=1S/C14H14BrF3N2O3/c1-7-2-3-10(15)11(4-7)19-13(23)20-5-8(12(21)22)9(6-20)14(16,17)18/h2-4,8-9H,5-6H2,1H3,(H,19,23)(H,21,22)/t8-,9-/m1/s1. The second kappa shape index (κ2) is 6.38. The summed E-state index contributed by atoms with van der Waals surface area (Å²) in [7, 11) is 0. The number of amides is 2. The van der Waals surface area contributed by atoms with Crippen LogP contribution in [0.25, 0.3) is 0 Å². The number of carbonyl (C=O) groups is 2. The molecular formula is C14H14BrF3N2O3. The van der Waals surface area contributed by atoms with Gasteiger partial charge in [-0.1, -0.05) is 6.07 Å². The molecular weight excluding hydrogens is 381 g/mol. The van der Waals surface area contributed by atoms with Crippen LogP contribution >= 0.6 is 15.9 Å². The fourth-order valence-electron chi connectivity index (χ4n) is 2.48. The molecule has 2 atom stereocenters. The maximum absolute atomic E-state index is 12.9. The van der Waals surface area contributed by atoms with Gasteiger partial charge in [0.1, 0.15) is 0 Å². The topological polar surface area (TPSA) is 69.6 Å². The van der Waals surface area contributed by atoms with Crippen molar-refractivity contribution < 1.29 is 27.9 Å². The van der Waals surface area contributed by atoms with E-state index in [4.69, 9.17) is 5.11 Å². The Labute approximate surface area is 138 Å². The van der Waals surface area contributed by atoms with Gasteiger partial charge < -0.3 is 15.3 Å². The van der Waals surface area contributed by atoms with Gasteiger partial charge in [0.05, 0.1) is 17.5 Å². The average molecular weight is 395 g/mol. The first-order valence-electron chi connectivity index (χ1n) is 6.71. The molecule has 1 fully saturated rings. The van der Waals surface area contributed by atoms with E-state index in [9.17, 15) is 22.8 Å². The third-order valence-electron chi connectivity index (χ3n) is 3.71. The number of aryl methyl sites for hydroxylation is 1. The summed E-state index contributed by atoms with van der Waals surface area (Å²) in [5.74, 6) is -5.27. The minimum atomic E-state index is -4.66. The zero-order valence-electron chi connectivity index (χ0n) is 12.0. The van der Waals surface area contributed by atoms with E-state index < -0.39 is 43.1 Å². The van der Waals surface area contributed by atoms with Gasteiger partial charge in [-0.2, -0.15) is 13.2 Å². The first-order chi connectivity index (χ1) is 10.6. The molecule has 1 aliphatic rings. The van der Waals surface area contributed by atoms with Crippen LogP contribution in [0, 0.1) is 18.8 Å². The molecule has 0 bridgehead atoms. The van der Waals surface area contributed by atoms with Crippen molar-refractivity contribution in [2.45, 2.75) is 13.1 Å². The van der Waals surface area contributed by atoms with Gasteiger partial charge in [-0.05, 0) is 40.5 Å². The molecule has 23 heavy (non-hydrogen) atoms. The van der Waals surface area contributed by atoms with Crippen LogP contribution in [0.3, 0.4) is 0 Å². The molecule has 9 heteroatoms. The van der Waals surface area contributed by atoms with E-state index >= 15 is 0 Å². The number of anilines is 1. The average Bonchev–Trinajstić information content (AvgIpc) is 2.88. The summed E-state index contributed by atoms with van der Waals surface area (Å²) >= 11 is 3.24. The molecule has 2 N–H and O–H groups in total. The van der Waals surface area contributed by atoms with E-state index in [1.807, 2.05) is 0 Å². The number of hydrogen-bond donors (Lipinski definition) is 2. The van der Waals surface area contributed by atoms with Crippen LogP contribution in [-0.4, -0.2) is 41.3 Å². The number of carbonyl (C=O) groups excluding carboxylic acids is 1. The number of likely N-dealkylation sites (tertiary alicyclic amines) is 1. The fourth-order valence-corrected chi connectivity index (χ4v) is 2.83. The van der Waals surface area contributed by atoms with Crippen molar-refractivity contribution >= 4 is 33.6 Å². The fraction of sp³-hybridized carbons (Fsp3) is 0.429. The summed E-state index contributed by atoms with van der Waals surface area (Å²) in [6, 6.07) is 4.41. The maximum Gasteiger partial charge on any atom is 0.394 e. The molecule has 2 rings (SSSR count). The monoisotopic (exact) mass is 394 g/mol. The molecule has 1 aliphatic heterocycles. The Balaban J connectivity index is 2.14. The summed E-state index contributed by atoms with van der Waals surface area (Å²) < 4.78 is 39.3. The lowest BCUT2D eigenvalue weighted by Gasteiger charge is -2.19. The minimum absolute atomic E-state index is 0.414. The highest BCUT2D eigenvalue weighted by molar-refractivity contribution is 9.10. The van der Waals surface area contributed by atoms with Gasteiger partial charge in [0.2, 0.25) is 0 Å². The van der Waals surface area contributed by atoms with Crippen LogP contribution in [0.2, 0.25) is 0 Å². The Hall–Kier alpha value is -1.77. The third kappa shape index (κ3) is 3.95. The molecule has 0 spiro atoms. The van der Waals surface area contributed by atoms with Crippen LogP contribution in [-0.2, 0) is 4.79 Å². The van der Waals surface area contributed by atoms with Gasteiger partial charge in [-0.3, -0.25) is 4.79 Å².